The number of aryl methyl sites for hydroxylation is 1. The quantitative estimate of drug-likeness (QED) is 0.844. The topological polar surface area (TPSA) is 77.2 Å². The summed E-state index contributed by atoms with van der Waals surface area (Å²) in [6, 6.07) is 0. The number of rotatable bonds is 6. The first-order valence-corrected chi connectivity index (χ1v) is 5.06. The lowest BCUT2D eigenvalue weighted by Crippen LogP contribution is -2.13. The van der Waals surface area contributed by atoms with Crippen LogP contribution in [0.2, 0.25) is 0 Å². The fourth-order valence-corrected chi connectivity index (χ4v) is 1.39. The number of alkyl halides is 3. The highest BCUT2D eigenvalue weighted by atomic mass is 19.4. The van der Waals surface area contributed by atoms with Crippen molar-refractivity contribution in [3.05, 3.63) is 11.4 Å². The maximum atomic E-state index is 12.0. The second kappa shape index (κ2) is 5.80. The van der Waals surface area contributed by atoms with Crippen molar-refractivity contribution in [1.29, 1.82) is 0 Å². The van der Waals surface area contributed by atoms with E-state index in [2.05, 4.69) is 10.3 Å². The van der Waals surface area contributed by atoms with Gasteiger partial charge in [-0.3, -0.25) is 0 Å². The minimum Gasteiger partial charge on any atom is -0.476 e. The van der Waals surface area contributed by atoms with E-state index < -0.39 is 18.6 Å². The number of hydrogen-bond donors (Lipinski definition) is 1. The van der Waals surface area contributed by atoms with Crippen molar-refractivity contribution in [3.63, 3.8) is 0 Å². The zero-order chi connectivity index (χ0) is 13.8. The van der Waals surface area contributed by atoms with Crippen LogP contribution in [-0.2, 0) is 17.9 Å². The van der Waals surface area contributed by atoms with E-state index in [1.807, 2.05) is 0 Å². The Morgan fingerprint density at radius 1 is 1.50 bits per heavy atom. The van der Waals surface area contributed by atoms with Crippen LogP contribution in [0.4, 0.5) is 13.2 Å². The van der Waals surface area contributed by atoms with Crippen molar-refractivity contribution in [2.75, 3.05) is 7.11 Å². The van der Waals surface area contributed by atoms with Gasteiger partial charge in [-0.1, -0.05) is 5.21 Å². The molecule has 0 spiro atoms. The van der Waals surface area contributed by atoms with Gasteiger partial charge < -0.3 is 9.84 Å². The summed E-state index contributed by atoms with van der Waals surface area (Å²) in [5, 5.41) is 15.7. The Morgan fingerprint density at radius 3 is 2.67 bits per heavy atom. The van der Waals surface area contributed by atoms with E-state index >= 15 is 0 Å². The highest BCUT2D eigenvalue weighted by molar-refractivity contribution is 5.86. The van der Waals surface area contributed by atoms with Crippen molar-refractivity contribution >= 4 is 5.97 Å². The van der Waals surface area contributed by atoms with Crippen LogP contribution in [-0.4, -0.2) is 39.4 Å². The Bertz CT molecular complexity index is 417. The summed E-state index contributed by atoms with van der Waals surface area (Å²) in [5.74, 6) is -1.29. The van der Waals surface area contributed by atoms with Gasteiger partial charge in [0.2, 0.25) is 0 Å². The van der Waals surface area contributed by atoms with Crippen LogP contribution in [0.1, 0.15) is 29.0 Å². The summed E-state index contributed by atoms with van der Waals surface area (Å²) in [6.07, 6.45) is -5.39. The fraction of sp³-hybridized carbons (Fsp3) is 0.667. The highest BCUT2D eigenvalue weighted by Crippen LogP contribution is 2.21. The van der Waals surface area contributed by atoms with E-state index in [0.29, 0.717) is 0 Å². The third-order valence-electron chi connectivity index (χ3n) is 2.15. The number of aromatic nitrogens is 3. The van der Waals surface area contributed by atoms with Crippen molar-refractivity contribution < 1.29 is 27.8 Å². The Balaban J connectivity index is 2.73. The number of halogens is 3. The molecular formula is C9H12F3N3O3. The van der Waals surface area contributed by atoms with Gasteiger partial charge in [-0.25, -0.2) is 9.48 Å². The zero-order valence-electron chi connectivity index (χ0n) is 9.57. The van der Waals surface area contributed by atoms with E-state index in [0.717, 1.165) is 4.68 Å². The smallest absolute Gasteiger partial charge is 0.389 e. The number of hydrogen-bond acceptors (Lipinski definition) is 4. The standard InChI is InChI=1S/C9H12F3N3O3/c1-18-5-6-7(8(16)17)13-14-15(6)4-2-3-9(10,11)12/h2-5H2,1H3,(H,16,17). The predicted octanol–water partition coefficient (Wildman–Crippen LogP) is 1.47. The maximum absolute atomic E-state index is 12.0. The molecule has 0 aromatic carbocycles. The molecule has 1 heterocycles. The summed E-state index contributed by atoms with van der Waals surface area (Å²) < 4.78 is 41.8. The number of carboxylic acid groups (broad SMARTS) is 1. The fourth-order valence-electron chi connectivity index (χ4n) is 1.39. The predicted molar refractivity (Wildman–Crippen MR) is 53.0 cm³/mol. The minimum atomic E-state index is -4.24. The number of ether oxygens (including phenoxy) is 1. The molecule has 0 fully saturated rings. The first-order chi connectivity index (χ1) is 8.35. The molecule has 0 saturated heterocycles. The van der Waals surface area contributed by atoms with Gasteiger partial charge in [-0.15, -0.1) is 5.10 Å². The van der Waals surface area contributed by atoms with Crippen molar-refractivity contribution in [2.45, 2.75) is 32.2 Å². The molecule has 0 saturated carbocycles. The van der Waals surface area contributed by atoms with Gasteiger partial charge in [0.05, 0.1) is 12.3 Å². The molecule has 102 valence electrons. The molecule has 0 atom stereocenters. The van der Waals surface area contributed by atoms with Crippen molar-refractivity contribution in [1.82, 2.24) is 15.0 Å². The van der Waals surface area contributed by atoms with E-state index in [1.54, 1.807) is 0 Å². The van der Waals surface area contributed by atoms with E-state index in [1.165, 1.54) is 7.11 Å². The number of nitrogens with zero attached hydrogens (tertiary/aromatic N) is 3. The summed E-state index contributed by atoms with van der Waals surface area (Å²) in [4.78, 5) is 10.8. The zero-order valence-corrected chi connectivity index (χ0v) is 9.57. The number of carboxylic acids is 1. The monoisotopic (exact) mass is 267 g/mol. The molecule has 0 aliphatic carbocycles. The van der Waals surface area contributed by atoms with Gasteiger partial charge in [-0.05, 0) is 6.42 Å². The van der Waals surface area contributed by atoms with E-state index in [4.69, 9.17) is 9.84 Å². The average Bonchev–Trinajstić information content (AvgIpc) is 2.60. The van der Waals surface area contributed by atoms with Gasteiger partial charge in [0.25, 0.3) is 0 Å². The van der Waals surface area contributed by atoms with E-state index in [9.17, 15) is 18.0 Å². The van der Waals surface area contributed by atoms with Crippen LogP contribution in [0, 0.1) is 0 Å². The number of carbonyl (C=O) groups is 1. The molecule has 1 aromatic heterocycles. The summed E-state index contributed by atoms with van der Waals surface area (Å²) >= 11 is 0. The van der Waals surface area contributed by atoms with Crippen LogP contribution in [0.5, 0.6) is 0 Å². The van der Waals surface area contributed by atoms with Gasteiger partial charge >= 0.3 is 12.1 Å². The Hall–Kier alpha value is -1.64. The Kier molecular flexibility index (Phi) is 4.65. The summed E-state index contributed by atoms with van der Waals surface area (Å²) in [7, 11) is 1.35. The van der Waals surface area contributed by atoms with Gasteiger partial charge in [0, 0.05) is 20.1 Å². The molecule has 1 N–H and O–H groups in total. The molecule has 6 nitrogen and oxygen atoms in total. The van der Waals surface area contributed by atoms with Gasteiger partial charge in [0.1, 0.15) is 0 Å². The van der Waals surface area contributed by atoms with E-state index in [-0.39, 0.29) is 31.0 Å². The first-order valence-electron chi connectivity index (χ1n) is 5.06. The third kappa shape index (κ3) is 3.99. The Morgan fingerprint density at radius 2 is 2.17 bits per heavy atom. The third-order valence-corrected chi connectivity index (χ3v) is 2.15. The largest absolute Gasteiger partial charge is 0.476 e. The lowest BCUT2D eigenvalue weighted by molar-refractivity contribution is -0.136. The second-order valence-electron chi connectivity index (χ2n) is 3.56. The lowest BCUT2D eigenvalue weighted by Gasteiger charge is -2.08. The summed E-state index contributed by atoms with van der Waals surface area (Å²) in [5.41, 5.74) is -0.143. The Labute approximate surface area is 100 Å². The van der Waals surface area contributed by atoms with Gasteiger partial charge in [0.15, 0.2) is 5.69 Å². The molecule has 0 aliphatic rings. The SMILES string of the molecule is COCc1c(C(=O)O)nnn1CCCC(F)(F)F. The van der Waals surface area contributed by atoms with Crippen LogP contribution in [0.15, 0.2) is 0 Å². The van der Waals surface area contributed by atoms with Crippen LogP contribution in [0.25, 0.3) is 0 Å². The van der Waals surface area contributed by atoms with Crippen molar-refractivity contribution in [2.24, 2.45) is 0 Å². The lowest BCUT2D eigenvalue weighted by atomic mass is 10.3. The van der Waals surface area contributed by atoms with Crippen LogP contribution < -0.4 is 0 Å². The molecule has 0 bridgehead atoms. The van der Waals surface area contributed by atoms with Crippen LogP contribution >= 0.6 is 0 Å². The molecular weight excluding hydrogens is 255 g/mol. The second-order valence-corrected chi connectivity index (χ2v) is 3.56. The molecule has 0 unspecified atom stereocenters. The molecule has 1 aromatic rings. The minimum absolute atomic E-state index is 0.0571. The molecule has 18 heavy (non-hydrogen) atoms. The first kappa shape index (κ1) is 14.4. The highest BCUT2D eigenvalue weighted by Gasteiger charge is 2.27. The molecule has 0 amide bonds. The van der Waals surface area contributed by atoms with Gasteiger partial charge in [-0.2, -0.15) is 13.2 Å². The average molecular weight is 267 g/mol. The molecule has 0 aliphatic heterocycles. The van der Waals surface area contributed by atoms with Crippen LogP contribution in [0.3, 0.4) is 0 Å². The number of methoxy groups -OCH3 is 1. The maximum Gasteiger partial charge on any atom is 0.389 e. The summed E-state index contributed by atoms with van der Waals surface area (Å²) in [6.45, 7) is -0.126. The normalized spacial score (nSPS) is 11.8. The molecule has 1 rings (SSSR count). The van der Waals surface area contributed by atoms with Crippen molar-refractivity contribution in [3.8, 4) is 0 Å². The number of aromatic carboxylic acids is 1. The molecule has 0 radical (unpaired) electrons. The molecule has 9 heteroatoms.